The molecule has 0 aliphatic heterocycles. The summed E-state index contributed by atoms with van der Waals surface area (Å²) in [4.78, 5) is 4.62. The Labute approximate surface area is 166 Å². The van der Waals surface area contributed by atoms with E-state index in [0.717, 1.165) is 42.4 Å². The van der Waals surface area contributed by atoms with E-state index in [0.29, 0.717) is 0 Å². The molecule has 1 aromatic carbocycles. The van der Waals surface area contributed by atoms with Gasteiger partial charge in [-0.3, -0.25) is 4.98 Å². The first-order valence-electron chi connectivity index (χ1n) is 10.9. The van der Waals surface area contributed by atoms with E-state index in [-0.39, 0.29) is 0 Å². The topological polar surface area (TPSA) is 22.1 Å². The summed E-state index contributed by atoms with van der Waals surface area (Å²) in [7, 11) is 0. The molecule has 0 bridgehead atoms. The molecule has 1 heterocycles. The summed E-state index contributed by atoms with van der Waals surface area (Å²) < 4.78 is 6.11. The van der Waals surface area contributed by atoms with Crippen molar-refractivity contribution in [2.75, 3.05) is 6.61 Å². The Morgan fingerprint density at radius 3 is 2.59 bits per heavy atom. The maximum Gasteiger partial charge on any atom is 0.128 e. The maximum absolute atomic E-state index is 6.11. The molecule has 2 heteroatoms. The van der Waals surface area contributed by atoms with Crippen LogP contribution in [0.5, 0.6) is 5.75 Å². The summed E-state index contributed by atoms with van der Waals surface area (Å²) in [5, 5.41) is 0. The van der Waals surface area contributed by atoms with E-state index in [2.05, 4.69) is 56.1 Å². The Morgan fingerprint density at radius 1 is 0.963 bits per heavy atom. The molecule has 1 atom stereocenters. The minimum atomic E-state index is 0.776. The maximum atomic E-state index is 6.11. The molecule has 1 unspecified atom stereocenters. The first-order valence-corrected chi connectivity index (χ1v) is 10.9. The lowest BCUT2D eigenvalue weighted by atomic mass is 10.0. The summed E-state index contributed by atoms with van der Waals surface area (Å²) in [6.07, 6.45) is 13.2. The summed E-state index contributed by atoms with van der Waals surface area (Å²) in [5.74, 6) is 1.73. The highest BCUT2D eigenvalue weighted by Gasteiger charge is 2.08. The minimum absolute atomic E-state index is 0.776. The van der Waals surface area contributed by atoms with Gasteiger partial charge < -0.3 is 4.74 Å². The van der Waals surface area contributed by atoms with E-state index in [4.69, 9.17) is 4.74 Å². The van der Waals surface area contributed by atoms with Crippen molar-refractivity contribution in [3.05, 3.63) is 48.2 Å². The first-order chi connectivity index (χ1) is 13.2. The molecule has 0 saturated heterocycles. The average molecular weight is 368 g/mol. The van der Waals surface area contributed by atoms with Crippen molar-refractivity contribution in [1.82, 2.24) is 4.98 Å². The zero-order valence-electron chi connectivity index (χ0n) is 17.5. The van der Waals surface area contributed by atoms with Crippen LogP contribution in [0.15, 0.2) is 42.6 Å². The van der Waals surface area contributed by atoms with E-state index in [9.17, 15) is 0 Å². The molecule has 0 saturated carbocycles. The highest BCUT2D eigenvalue weighted by atomic mass is 16.5. The van der Waals surface area contributed by atoms with Crippen molar-refractivity contribution in [3.8, 4) is 17.0 Å². The Balaban J connectivity index is 1.95. The summed E-state index contributed by atoms with van der Waals surface area (Å²) in [6.45, 7) is 7.60. The van der Waals surface area contributed by atoms with Crippen LogP contribution in [0.2, 0.25) is 0 Å². The van der Waals surface area contributed by atoms with Crippen molar-refractivity contribution >= 4 is 0 Å². The fourth-order valence-electron chi connectivity index (χ4n) is 3.33. The van der Waals surface area contributed by atoms with E-state index >= 15 is 0 Å². The van der Waals surface area contributed by atoms with E-state index in [1.165, 1.54) is 50.5 Å². The molecule has 0 spiro atoms. The molecule has 0 aliphatic carbocycles. The van der Waals surface area contributed by atoms with E-state index in [1.54, 1.807) is 0 Å². The van der Waals surface area contributed by atoms with Crippen molar-refractivity contribution < 1.29 is 4.74 Å². The Morgan fingerprint density at radius 2 is 1.78 bits per heavy atom. The van der Waals surface area contributed by atoms with Crippen LogP contribution in [0.3, 0.4) is 0 Å². The van der Waals surface area contributed by atoms with Gasteiger partial charge in [0.1, 0.15) is 5.75 Å². The molecule has 0 N–H and O–H groups in total. The number of hydrogen-bond acceptors (Lipinski definition) is 2. The fourth-order valence-corrected chi connectivity index (χ4v) is 3.33. The second kappa shape index (κ2) is 12.5. The quantitative estimate of drug-likeness (QED) is 0.343. The summed E-state index contributed by atoms with van der Waals surface area (Å²) >= 11 is 0. The van der Waals surface area contributed by atoms with Crippen LogP contribution in [0.25, 0.3) is 11.3 Å². The standard InChI is InChI=1S/C25H37NO/c1-4-6-7-8-9-14-22-17-18-26-24(20-22)23-15-10-11-16-25(23)27-19-12-13-21(3)5-2/h10-11,15-18,20-21H,4-9,12-14,19H2,1-3H3. The largest absolute Gasteiger partial charge is 0.493 e. The van der Waals surface area contributed by atoms with Crippen LogP contribution >= 0.6 is 0 Å². The molecule has 1 aromatic heterocycles. The van der Waals surface area contributed by atoms with Crippen LogP contribution in [0.4, 0.5) is 0 Å². The van der Waals surface area contributed by atoms with Crippen LogP contribution < -0.4 is 4.74 Å². The molecule has 0 fully saturated rings. The number of rotatable bonds is 13. The number of ether oxygens (including phenoxy) is 1. The lowest BCUT2D eigenvalue weighted by molar-refractivity contribution is 0.295. The van der Waals surface area contributed by atoms with Gasteiger partial charge in [0.25, 0.3) is 0 Å². The molecule has 2 aromatic rings. The number of nitrogens with zero attached hydrogens (tertiary/aromatic N) is 1. The third kappa shape index (κ3) is 7.74. The predicted octanol–water partition coefficient (Wildman–Crippen LogP) is 7.47. The number of aromatic nitrogens is 1. The molecular formula is C25H37NO. The van der Waals surface area contributed by atoms with Gasteiger partial charge in [-0.1, -0.05) is 65.0 Å². The van der Waals surface area contributed by atoms with Gasteiger partial charge in [-0.15, -0.1) is 0 Å². The number of hydrogen-bond donors (Lipinski definition) is 0. The zero-order valence-corrected chi connectivity index (χ0v) is 17.5. The smallest absolute Gasteiger partial charge is 0.128 e. The highest BCUT2D eigenvalue weighted by Crippen LogP contribution is 2.29. The zero-order chi connectivity index (χ0) is 19.3. The van der Waals surface area contributed by atoms with Gasteiger partial charge in [0.05, 0.1) is 12.3 Å². The number of pyridine rings is 1. The van der Waals surface area contributed by atoms with Crippen LogP contribution in [-0.4, -0.2) is 11.6 Å². The SMILES string of the molecule is CCCCCCCc1ccnc(-c2ccccc2OCCCC(C)CC)c1. The number of unbranched alkanes of at least 4 members (excludes halogenated alkanes) is 4. The molecule has 2 nitrogen and oxygen atoms in total. The summed E-state index contributed by atoms with van der Waals surface area (Å²) in [5.41, 5.74) is 3.51. The van der Waals surface area contributed by atoms with Gasteiger partial charge in [0, 0.05) is 11.8 Å². The second-order valence-corrected chi connectivity index (χ2v) is 7.71. The Hall–Kier alpha value is -1.83. The lowest BCUT2D eigenvalue weighted by Gasteiger charge is -2.13. The third-order valence-electron chi connectivity index (χ3n) is 5.35. The van der Waals surface area contributed by atoms with Crippen molar-refractivity contribution in [2.45, 2.75) is 78.6 Å². The van der Waals surface area contributed by atoms with Gasteiger partial charge in [-0.2, -0.15) is 0 Å². The number of benzene rings is 1. The van der Waals surface area contributed by atoms with Crippen LogP contribution in [0, 0.1) is 5.92 Å². The molecule has 0 amide bonds. The lowest BCUT2D eigenvalue weighted by Crippen LogP contribution is -2.02. The predicted molar refractivity (Wildman–Crippen MR) is 116 cm³/mol. The second-order valence-electron chi connectivity index (χ2n) is 7.71. The van der Waals surface area contributed by atoms with Gasteiger partial charge >= 0.3 is 0 Å². The number of aryl methyl sites for hydroxylation is 1. The van der Waals surface area contributed by atoms with Crippen LogP contribution in [-0.2, 0) is 6.42 Å². The van der Waals surface area contributed by atoms with E-state index < -0.39 is 0 Å². The molecular weight excluding hydrogens is 330 g/mol. The van der Waals surface area contributed by atoms with E-state index in [1.807, 2.05) is 12.3 Å². The van der Waals surface area contributed by atoms with Crippen molar-refractivity contribution in [3.63, 3.8) is 0 Å². The normalized spacial score (nSPS) is 12.1. The van der Waals surface area contributed by atoms with Gasteiger partial charge in [0.2, 0.25) is 0 Å². The molecule has 148 valence electrons. The third-order valence-corrected chi connectivity index (χ3v) is 5.35. The van der Waals surface area contributed by atoms with Crippen molar-refractivity contribution in [1.29, 1.82) is 0 Å². The van der Waals surface area contributed by atoms with Crippen LogP contribution in [0.1, 0.15) is 77.7 Å². The van der Waals surface area contributed by atoms with Gasteiger partial charge in [-0.25, -0.2) is 0 Å². The van der Waals surface area contributed by atoms with Crippen molar-refractivity contribution in [2.24, 2.45) is 5.92 Å². The van der Waals surface area contributed by atoms with Gasteiger partial charge in [-0.05, 0) is 61.4 Å². The fraction of sp³-hybridized carbons (Fsp3) is 0.560. The molecule has 27 heavy (non-hydrogen) atoms. The minimum Gasteiger partial charge on any atom is -0.493 e. The number of para-hydroxylation sites is 1. The van der Waals surface area contributed by atoms with Gasteiger partial charge in [0.15, 0.2) is 0 Å². The Bertz CT molecular complexity index is 652. The molecule has 2 rings (SSSR count). The summed E-state index contributed by atoms with van der Waals surface area (Å²) in [6, 6.07) is 12.7. The molecule has 0 radical (unpaired) electrons. The Kier molecular flexibility index (Phi) is 9.97. The highest BCUT2D eigenvalue weighted by molar-refractivity contribution is 5.67. The first kappa shape index (κ1) is 21.5. The monoisotopic (exact) mass is 367 g/mol. The molecule has 0 aliphatic rings. The average Bonchev–Trinajstić information content (AvgIpc) is 2.71.